The van der Waals surface area contributed by atoms with E-state index in [1.54, 1.807) is 0 Å². The number of nitrogens with one attached hydrogen (secondary N) is 2. The summed E-state index contributed by atoms with van der Waals surface area (Å²) in [5.74, 6) is 0.627. The summed E-state index contributed by atoms with van der Waals surface area (Å²) in [5.41, 5.74) is -0.429. The van der Waals surface area contributed by atoms with Crippen LogP contribution in [-0.2, 0) is 4.74 Å². The molecule has 0 aromatic rings. The number of ether oxygens (including phenoxy) is 1. The molecule has 18 heavy (non-hydrogen) atoms. The number of rotatable bonds is 6. The van der Waals surface area contributed by atoms with E-state index < -0.39 is 5.60 Å². The monoisotopic (exact) mass is 256 g/mol. The molecular weight excluding hydrogens is 228 g/mol. The molecule has 1 atom stereocenters. The zero-order valence-electron chi connectivity index (χ0n) is 12.4. The van der Waals surface area contributed by atoms with Crippen molar-refractivity contribution in [3.05, 3.63) is 0 Å². The van der Waals surface area contributed by atoms with Gasteiger partial charge >= 0.3 is 6.09 Å². The van der Waals surface area contributed by atoms with E-state index in [2.05, 4.69) is 24.5 Å². The van der Waals surface area contributed by atoms with Gasteiger partial charge in [-0.2, -0.15) is 0 Å². The molecule has 1 aliphatic rings. The first kappa shape index (κ1) is 15.3. The van der Waals surface area contributed by atoms with E-state index in [-0.39, 0.29) is 6.09 Å². The topological polar surface area (TPSA) is 50.4 Å². The SMILES string of the molecule is CC(C)CC(CNC(=O)OC(C)(C)C)NC1CC1. The zero-order valence-corrected chi connectivity index (χ0v) is 12.4. The van der Waals surface area contributed by atoms with Crippen molar-refractivity contribution in [2.24, 2.45) is 5.92 Å². The summed E-state index contributed by atoms with van der Waals surface area (Å²) in [5, 5.41) is 6.42. The van der Waals surface area contributed by atoms with Crippen molar-refractivity contribution in [3.63, 3.8) is 0 Å². The van der Waals surface area contributed by atoms with Gasteiger partial charge in [0.25, 0.3) is 0 Å². The Morgan fingerprint density at radius 1 is 1.33 bits per heavy atom. The minimum absolute atomic E-state index is 0.325. The molecule has 0 bridgehead atoms. The maximum Gasteiger partial charge on any atom is 0.407 e. The quantitative estimate of drug-likeness (QED) is 0.768. The molecule has 1 unspecified atom stereocenters. The molecule has 0 aromatic heterocycles. The summed E-state index contributed by atoms with van der Waals surface area (Å²) in [6.07, 6.45) is 3.28. The van der Waals surface area contributed by atoms with Gasteiger partial charge in [-0.25, -0.2) is 4.79 Å². The minimum Gasteiger partial charge on any atom is -0.444 e. The highest BCUT2D eigenvalue weighted by Crippen LogP contribution is 2.20. The van der Waals surface area contributed by atoms with Crippen molar-refractivity contribution >= 4 is 6.09 Å². The van der Waals surface area contributed by atoms with Crippen molar-refractivity contribution in [1.29, 1.82) is 0 Å². The van der Waals surface area contributed by atoms with Gasteiger partial charge in [0.2, 0.25) is 0 Å². The maximum absolute atomic E-state index is 11.6. The van der Waals surface area contributed by atoms with Gasteiger partial charge in [-0.1, -0.05) is 13.8 Å². The van der Waals surface area contributed by atoms with Gasteiger partial charge in [0.15, 0.2) is 0 Å². The fourth-order valence-electron chi connectivity index (χ4n) is 1.88. The van der Waals surface area contributed by atoms with Gasteiger partial charge < -0.3 is 15.4 Å². The van der Waals surface area contributed by atoms with Crippen LogP contribution in [-0.4, -0.2) is 30.3 Å². The van der Waals surface area contributed by atoms with Gasteiger partial charge in [-0.15, -0.1) is 0 Å². The van der Waals surface area contributed by atoms with E-state index >= 15 is 0 Å². The third-order valence-electron chi connectivity index (χ3n) is 2.70. The summed E-state index contributed by atoms with van der Waals surface area (Å²) in [6, 6.07) is 1.01. The van der Waals surface area contributed by atoms with E-state index in [1.165, 1.54) is 12.8 Å². The maximum atomic E-state index is 11.6. The Labute approximate surface area is 111 Å². The van der Waals surface area contributed by atoms with Crippen LogP contribution in [0.2, 0.25) is 0 Å². The molecule has 0 aromatic carbocycles. The van der Waals surface area contributed by atoms with Crippen LogP contribution in [0.15, 0.2) is 0 Å². The fraction of sp³-hybridized carbons (Fsp3) is 0.929. The summed E-state index contributed by atoms with van der Waals surface area (Å²) < 4.78 is 5.24. The second-order valence-corrected chi connectivity index (χ2v) is 6.65. The molecule has 1 rings (SSSR count). The third kappa shape index (κ3) is 7.54. The van der Waals surface area contributed by atoms with Crippen LogP contribution in [0.3, 0.4) is 0 Å². The van der Waals surface area contributed by atoms with E-state index in [4.69, 9.17) is 4.74 Å². The summed E-state index contributed by atoms with van der Waals surface area (Å²) in [7, 11) is 0. The van der Waals surface area contributed by atoms with E-state index in [0.717, 1.165) is 6.42 Å². The van der Waals surface area contributed by atoms with Gasteiger partial charge in [0.1, 0.15) is 5.60 Å². The highest BCUT2D eigenvalue weighted by molar-refractivity contribution is 5.67. The molecule has 4 nitrogen and oxygen atoms in total. The van der Waals surface area contributed by atoms with Crippen molar-refractivity contribution in [2.75, 3.05) is 6.54 Å². The lowest BCUT2D eigenvalue weighted by Gasteiger charge is -2.23. The van der Waals surface area contributed by atoms with Crippen LogP contribution in [0.1, 0.15) is 53.9 Å². The smallest absolute Gasteiger partial charge is 0.407 e. The van der Waals surface area contributed by atoms with Crippen LogP contribution in [0.25, 0.3) is 0 Å². The molecule has 0 spiro atoms. The van der Waals surface area contributed by atoms with Crippen LogP contribution in [0.5, 0.6) is 0 Å². The summed E-state index contributed by atoms with van der Waals surface area (Å²) in [4.78, 5) is 11.6. The van der Waals surface area contributed by atoms with Crippen LogP contribution in [0.4, 0.5) is 4.79 Å². The Morgan fingerprint density at radius 2 is 1.94 bits per heavy atom. The standard InChI is InChI=1S/C14H28N2O2/c1-10(2)8-12(16-11-6-7-11)9-15-13(17)18-14(3,4)5/h10-12,16H,6-9H2,1-5H3,(H,15,17). The first-order valence-corrected chi connectivity index (χ1v) is 6.99. The molecule has 1 amide bonds. The van der Waals surface area contributed by atoms with Crippen molar-refractivity contribution < 1.29 is 9.53 Å². The Kier molecular flexibility index (Phi) is 5.45. The average Bonchev–Trinajstić information content (AvgIpc) is 2.94. The fourth-order valence-corrected chi connectivity index (χ4v) is 1.88. The summed E-state index contributed by atoms with van der Waals surface area (Å²) >= 11 is 0. The number of amides is 1. The second-order valence-electron chi connectivity index (χ2n) is 6.65. The predicted octanol–water partition coefficient (Wildman–Crippen LogP) is 2.68. The molecule has 1 fully saturated rings. The van der Waals surface area contributed by atoms with Crippen LogP contribution in [0, 0.1) is 5.92 Å². The van der Waals surface area contributed by atoms with Gasteiger partial charge in [-0.05, 0) is 46.0 Å². The Morgan fingerprint density at radius 3 is 2.39 bits per heavy atom. The lowest BCUT2D eigenvalue weighted by molar-refractivity contribution is 0.0520. The molecular formula is C14H28N2O2. The first-order chi connectivity index (χ1) is 8.26. The Balaban J connectivity index is 2.28. The van der Waals surface area contributed by atoms with Crippen molar-refractivity contribution in [2.45, 2.75) is 71.6 Å². The minimum atomic E-state index is -0.429. The molecule has 0 saturated heterocycles. The summed E-state index contributed by atoms with van der Waals surface area (Å²) in [6.45, 7) is 10.7. The largest absolute Gasteiger partial charge is 0.444 e. The molecule has 0 radical (unpaired) electrons. The molecule has 1 aliphatic carbocycles. The molecule has 2 N–H and O–H groups in total. The molecule has 106 valence electrons. The van der Waals surface area contributed by atoms with E-state index in [0.29, 0.717) is 24.5 Å². The lowest BCUT2D eigenvalue weighted by Crippen LogP contribution is -2.44. The number of hydrogen-bond acceptors (Lipinski definition) is 3. The van der Waals surface area contributed by atoms with Gasteiger partial charge in [0, 0.05) is 18.6 Å². The average molecular weight is 256 g/mol. The molecule has 1 saturated carbocycles. The molecule has 4 heteroatoms. The van der Waals surface area contributed by atoms with Gasteiger partial charge in [-0.3, -0.25) is 0 Å². The number of hydrogen-bond donors (Lipinski definition) is 2. The molecule has 0 heterocycles. The van der Waals surface area contributed by atoms with E-state index in [1.807, 2.05) is 20.8 Å². The van der Waals surface area contributed by atoms with Gasteiger partial charge in [0.05, 0.1) is 0 Å². The predicted molar refractivity (Wildman–Crippen MR) is 73.6 cm³/mol. The van der Waals surface area contributed by atoms with E-state index in [9.17, 15) is 4.79 Å². The number of carbonyl (C=O) groups excluding carboxylic acids is 1. The normalized spacial score (nSPS) is 17.7. The van der Waals surface area contributed by atoms with Crippen LogP contribution < -0.4 is 10.6 Å². The first-order valence-electron chi connectivity index (χ1n) is 6.99. The van der Waals surface area contributed by atoms with Crippen molar-refractivity contribution in [1.82, 2.24) is 10.6 Å². The highest BCUT2D eigenvalue weighted by Gasteiger charge is 2.25. The molecule has 0 aliphatic heterocycles. The Bertz CT molecular complexity index is 263. The van der Waals surface area contributed by atoms with Crippen molar-refractivity contribution in [3.8, 4) is 0 Å². The highest BCUT2D eigenvalue weighted by atomic mass is 16.6. The van der Waals surface area contributed by atoms with Crippen LogP contribution >= 0.6 is 0 Å². The zero-order chi connectivity index (χ0) is 13.8. The second kappa shape index (κ2) is 6.41. The number of carbonyl (C=O) groups is 1. The lowest BCUT2D eigenvalue weighted by atomic mass is 10.0. The Hall–Kier alpha value is -0.770. The number of alkyl carbamates (subject to hydrolysis) is 1. The third-order valence-corrected chi connectivity index (χ3v) is 2.70.